The fraction of sp³-hybridized carbons (Fsp3) is 0.333. The first-order valence-electron chi connectivity index (χ1n) is 13.0. The quantitative estimate of drug-likeness (QED) is 0.316. The Bertz CT molecular complexity index is 1430. The number of aryl methyl sites for hydroxylation is 1. The number of ether oxygens (including phenoxy) is 1. The molecule has 0 aliphatic heterocycles. The van der Waals surface area contributed by atoms with Crippen LogP contribution in [-0.4, -0.2) is 50.9 Å². The summed E-state index contributed by atoms with van der Waals surface area (Å²) in [5.74, 6) is -0.613. The van der Waals surface area contributed by atoms with Gasteiger partial charge in [-0.05, 0) is 69.2 Å². The Hall–Kier alpha value is -3.56. The highest BCUT2D eigenvalue weighted by Crippen LogP contribution is 2.32. The average molecular weight is 586 g/mol. The fourth-order valence-corrected chi connectivity index (χ4v) is 5.70. The largest absolute Gasteiger partial charge is 0.495 e. The number of halogens is 1. The van der Waals surface area contributed by atoms with Crippen molar-refractivity contribution in [2.45, 2.75) is 57.6 Å². The monoisotopic (exact) mass is 585 g/mol. The van der Waals surface area contributed by atoms with E-state index in [1.807, 2.05) is 20.8 Å². The van der Waals surface area contributed by atoms with E-state index in [1.54, 1.807) is 67.6 Å². The number of nitrogens with zero attached hydrogens (tertiary/aromatic N) is 2. The van der Waals surface area contributed by atoms with Crippen molar-refractivity contribution in [2.24, 2.45) is 0 Å². The number of benzene rings is 3. The Morgan fingerprint density at radius 3 is 2.30 bits per heavy atom. The molecule has 0 heterocycles. The Balaban J connectivity index is 2.06. The van der Waals surface area contributed by atoms with Gasteiger partial charge in [-0.2, -0.15) is 0 Å². The first-order valence-corrected chi connectivity index (χ1v) is 14.9. The third kappa shape index (κ3) is 7.55. The van der Waals surface area contributed by atoms with Crippen molar-refractivity contribution in [1.82, 2.24) is 10.2 Å². The Kier molecular flexibility index (Phi) is 10.6. The lowest BCUT2D eigenvalue weighted by molar-refractivity contribution is -0.139. The second-order valence-electron chi connectivity index (χ2n) is 9.64. The van der Waals surface area contributed by atoms with Crippen molar-refractivity contribution in [2.75, 3.05) is 18.0 Å². The van der Waals surface area contributed by atoms with E-state index in [0.717, 1.165) is 16.3 Å². The van der Waals surface area contributed by atoms with Crippen LogP contribution in [0.4, 0.5) is 5.69 Å². The van der Waals surface area contributed by atoms with Crippen LogP contribution in [0.1, 0.15) is 38.3 Å². The van der Waals surface area contributed by atoms with E-state index in [1.165, 1.54) is 24.1 Å². The number of rotatable bonds is 12. The number of sulfonamides is 1. The summed E-state index contributed by atoms with van der Waals surface area (Å²) < 4.78 is 34.4. The van der Waals surface area contributed by atoms with Gasteiger partial charge in [0.15, 0.2) is 0 Å². The molecule has 0 radical (unpaired) electrons. The third-order valence-electron chi connectivity index (χ3n) is 6.65. The molecule has 0 unspecified atom stereocenters. The molecule has 3 aromatic carbocycles. The molecule has 0 fully saturated rings. The maximum absolute atomic E-state index is 14.0. The second-order valence-corrected chi connectivity index (χ2v) is 11.9. The van der Waals surface area contributed by atoms with Crippen LogP contribution in [-0.2, 0) is 26.2 Å². The lowest BCUT2D eigenvalue weighted by Crippen LogP contribution is -2.52. The van der Waals surface area contributed by atoms with Gasteiger partial charge in [-0.15, -0.1) is 0 Å². The zero-order valence-electron chi connectivity index (χ0n) is 23.4. The van der Waals surface area contributed by atoms with Crippen LogP contribution < -0.4 is 14.4 Å². The predicted octanol–water partition coefficient (Wildman–Crippen LogP) is 5.18. The fourth-order valence-electron chi connectivity index (χ4n) is 4.07. The van der Waals surface area contributed by atoms with Gasteiger partial charge in [-0.1, -0.05) is 60.5 Å². The Morgan fingerprint density at radius 2 is 1.68 bits per heavy atom. The van der Waals surface area contributed by atoms with Crippen molar-refractivity contribution in [3.05, 3.63) is 88.9 Å². The van der Waals surface area contributed by atoms with Crippen LogP contribution in [0.2, 0.25) is 5.02 Å². The van der Waals surface area contributed by atoms with Gasteiger partial charge >= 0.3 is 0 Å². The summed E-state index contributed by atoms with van der Waals surface area (Å²) in [5, 5.41) is 3.40. The lowest BCUT2D eigenvalue weighted by atomic mass is 10.1. The molecule has 0 bridgehead atoms. The molecule has 3 aromatic rings. The Morgan fingerprint density at radius 1 is 1.00 bits per heavy atom. The predicted molar refractivity (Wildman–Crippen MR) is 158 cm³/mol. The van der Waals surface area contributed by atoms with Gasteiger partial charge in [0.25, 0.3) is 10.0 Å². The molecular formula is C30H36ClN3O5S. The molecule has 0 aliphatic carbocycles. The summed E-state index contributed by atoms with van der Waals surface area (Å²) in [5.41, 5.74) is 1.81. The van der Waals surface area contributed by atoms with Crippen molar-refractivity contribution in [3.8, 4) is 5.75 Å². The summed E-state index contributed by atoms with van der Waals surface area (Å²) in [6.07, 6.45) is 0.719. The van der Waals surface area contributed by atoms with Gasteiger partial charge < -0.3 is 15.0 Å². The van der Waals surface area contributed by atoms with Crippen molar-refractivity contribution in [1.29, 1.82) is 0 Å². The lowest BCUT2D eigenvalue weighted by Gasteiger charge is -2.32. The first kappa shape index (κ1) is 31.0. The number of amides is 2. The van der Waals surface area contributed by atoms with E-state index in [9.17, 15) is 18.0 Å². The molecule has 3 rings (SSSR count). The van der Waals surface area contributed by atoms with Gasteiger partial charge in [0.1, 0.15) is 18.3 Å². The van der Waals surface area contributed by atoms with Crippen molar-refractivity contribution < 1.29 is 22.7 Å². The van der Waals surface area contributed by atoms with Gasteiger partial charge in [0, 0.05) is 17.6 Å². The summed E-state index contributed by atoms with van der Waals surface area (Å²) in [6, 6.07) is 19.0. The molecule has 0 saturated carbocycles. The minimum atomic E-state index is -4.20. The highest BCUT2D eigenvalue weighted by atomic mass is 35.5. The highest BCUT2D eigenvalue weighted by molar-refractivity contribution is 7.92. The van der Waals surface area contributed by atoms with Crippen LogP contribution in [0.5, 0.6) is 5.75 Å². The number of para-hydroxylation sites is 2. The number of carbonyl (C=O) groups excluding carboxylic acids is 2. The third-order valence-corrected chi connectivity index (χ3v) is 8.66. The topological polar surface area (TPSA) is 96.0 Å². The maximum atomic E-state index is 14.0. The van der Waals surface area contributed by atoms with Crippen molar-refractivity contribution in [3.63, 3.8) is 0 Å². The summed E-state index contributed by atoms with van der Waals surface area (Å²) in [6.45, 7) is 6.81. The molecule has 0 spiro atoms. The molecule has 8 nitrogen and oxygen atoms in total. The summed E-state index contributed by atoms with van der Waals surface area (Å²) in [7, 11) is -2.76. The van der Waals surface area contributed by atoms with Gasteiger partial charge in [-0.3, -0.25) is 13.9 Å². The van der Waals surface area contributed by atoms with Gasteiger partial charge in [-0.25, -0.2) is 8.42 Å². The molecule has 1 N–H and O–H groups in total. The number of nitrogens with one attached hydrogen (secondary N) is 1. The molecule has 2 amide bonds. The summed E-state index contributed by atoms with van der Waals surface area (Å²) >= 11 is 6.19. The molecule has 0 saturated heterocycles. The average Bonchev–Trinajstić information content (AvgIpc) is 2.94. The minimum Gasteiger partial charge on any atom is -0.495 e. The van der Waals surface area contributed by atoms with E-state index in [2.05, 4.69) is 5.32 Å². The van der Waals surface area contributed by atoms with E-state index < -0.39 is 28.5 Å². The molecular weight excluding hydrogens is 550 g/mol. The number of hydrogen-bond acceptors (Lipinski definition) is 5. The molecule has 40 heavy (non-hydrogen) atoms. The first-order chi connectivity index (χ1) is 19.0. The SMILES string of the molecule is CC[C@H](C)NC(=O)[C@@H](C)N(Cc1cccc(Cl)c1)C(=O)CN(c1ccccc1OC)S(=O)(=O)c1ccc(C)cc1. The Labute approximate surface area is 241 Å². The molecule has 2 atom stereocenters. The highest BCUT2D eigenvalue weighted by Gasteiger charge is 2.34. The minimum absolute atomic E-state index is 0.0285. The molecule has 214 valence electrons. The number of anilines is 1. The van der Waals surface area contributed by atoms with E-state index in [0.29, 0.717) is 10.6 Å². The molecule has 0 aliphatic rings. The second kappa shape index (κ2) is 13.7. The van der Waals surface area contributed by atoms with Crippen LogP contribution in [0.15, 0.2) is 77.7 Å². The molecule has 0 aromatic heterocycles. The zero-order valence-corrected chi connectivity index (χ0v) is 25.0. The van der Waals surface area contributed by atoms with Crippen molar-refractivity contribution >= 4 is 39.1 Å². The van der Waals surface area contributed by atoms with E-state index >= 15 is 0 Å². The number of methoxy groups -OCH3 is 1. The van der Waals surface area contributed by atoms with Crippen LogP contribution in [0.25, 0.3) is 0 Å². The van der Waals surface area contributed by atoms with Gasteiger partial charge in [0.2, 0.25) is 11.8 Å². The van der Waals surface area contributed by atoms with Crippen LogP contribution in [0.3, 0.4) is 0 Å². The smallest absolute Gasteiger partial charge is 0.264 e. The van der Waals surface area contributed by atoms with Gasteiger partial charge in [0.05, 0.1) is 17.7 Å². The number of hydrogen-bond donors (Lipinski definition) is 1. The van der Waals surface area contributed by atoms with E-state index in [-0.39, 0.29) is 34.8 Å². The molecule has 10 heteroatoms. The van der Waals surface area contributed by atoms with Crippen LogP contribution in [0, 0.1) is 6.92 Å². The normalized spacial score (nSPS) is 12.8. The maximum Gasteiger partial charge on any atom is 0.264 e. The van der Waals surface area contributed by atoms with Crippen LogP contribution >= 0.6 is 11.6 Å². The number of carbonyl (C=O) groups is 2. The standard InChI is InChI=1S/C30H36ClN3O5S/c1-6-22(3)32-30(36)23(4)33(19-24-10-9-11-25(31)18-24)29(35)20-34(27-12-7-8-13-28(27)39-5)40(37,38)26-16-14-21(2)15-17-26/h7-18,22-23H,6,19-20H2,1-5H3,(H,32,36)/t22-,23+/m0/s1. The summed E-state index contributed by atoms with van der Waals surface area (Å²) in [4.78, 5) is 28.6. The zero-order chi connectivity index (χ0) is 29.4. The van der Waals surface area contributed by atoms with E-state index in [4.69, 9.17) is 16.3 Å².